The average molecular weight is 364 g/mol. The van der Waals surface area contributed by atoms with Crippen LogP contribution in [0.4, 0.5) is 10.1 Å². The summed E-state index contributed by atoms with van der Waals surface area (Å²) in [6.07, 6.45) is 0. The number of carbonyl (C=O) groups is 1. The third-order valence-corrected chi connectivity index (χ3v) is 4.04. The molecule has 0 bridgehead atoms. The van der Waals surface area contributed by atoms with Gasteiger partial charge in [0.1, 0.15) is 11.6 Å². The summed E-state index contributed by atoms with van der Waals surface area (Å²) in [5.74, 6) is 0.902. The van der Waals surface area contributed by atoms with Crippen LogP contribution < -0.4 is 15.4 Å². The van der Waals surface area contributed by atoms with E-state index in [1.807, 2.05) is 61.5 Å². The lowest BCUT2D eigenvalue weighted by atomic mass is 10.1. The second kappa shape index (κ2) is 8.85. The molecule has 1 amide bonds. The number of amides is 1. The third-order valence-electron chi connectivity index (χ3n) is 4.04. The molecule has 0 aliphatic heterocycles. The van der Waals surface area contributed by atoms with E-state index in [0.717, 1.165) is 17.0 Å². The molecular weight excluding hydrogens is 343 g/mol. The molecule has 0 saturated heterocycles. The minimum atomic E-state index is -0.297. The number of hydrogen-bond acceptors (Lipinski definition) is 3. The van der Waals surface area contributed by atoms with E-state index in [0.29, 0.717) is 5.75 Å². The van der Waals surface area contributed by atoms with Crippen molar-refractivity contribution in [2.24, 2.45) is 0 Å². The Balaban J connectivity index is 1.58. The number of nitrogens with one attached hydrogen (secondary N) is 2. The molecule has 4 nitrogen and oxygen atoms in total. The molecule has 5 heteroatoms. The van der Waals surface area contributed by atoms with Crippen LogP contribution in [0, 0.1) is 5.82 Å². The van der Waals surface area contributed by atoms with Crippen LogP contribution in [0.1, 0.15) is 18.5 Å². The van der Waals surface area contributed by atoms with Gasteiger partial charge in [0.25, 0.3) is 0 Å². The van der Waals surface area contributed by atoms with Gasteiger partial charge >= 0.3 is 0 Å². The van der Waals surface area contributed by atoms with Gasteiger partial charge < -0.3 is 15.4 Å². The van der Waals surface area contributed by atoms with E-state index in [2.05, 4.69) is 10.6 Å². The van der Waals surface area contributed by atoms with Gasteiger partial charge in [-0.3, -0.25) is 4.79 Å². The molecule has 0 heterocycles. The molecule has 1 unspecified atom stereocenters. The molecule has 3 aromatic carbocycles. The van der Waals surface area contributed by atoms with Crippen LogP contribution >= 0.6 is 0 Å². The highest BCUT2D eigenvalue weighted by molar-refractivity contribution is 5.81. The SMILES string of the molecule is CC(NC(=O)CNc1ccccc1Oc1ccccc1)c1ccc(F)cc1. The minimum absolute atomic E-state index is 0.0979. The number of para-hydroxylation sites is 3. The predicted octanol–water partition coefficient (Wildman–Crippen LogP) is 4.91. The maximum atomic E-state index is 13.0. The number of carbonyl (C=O) groups excluding carboxylic acids is 1. The lowest BCUT2D eigenvalue weighted by Gasteiger charge is -2.16. The molecule has 0 aliphatic carbocycles. The van der Waals surface area contributed by atoms with E-state index in [9.17, 15) is 9.18 Å². The normalized spacial score (nSPS) is 11.5. The zero-order chi connectivity index (χ0) is 19.1. The topological polar surface area (TPSA) is 50.4 Å². The smallest absolute Gasteiger partial charge is 0.239 e. The zero-order valence-electron chi connectivity index (χ0n) is 15.0. The molecule has 2 N–H and O–H groups in total. The van der Waals surface area contributed by atoms with Crippen molar-refractivity contribution >= 4 is 11.6 Å². The average Bonchev–Trinajstić information content (AvgIpc) is 2.68. The van der Waals surface area contributed by atoms with Crippen molar-refractivity contribution in [2.45, 2.75) is 13.0 Å². The van der Waals surface area contributed by atoms with E-state index < -0.39 is 0 Å². The monoisotopic (exact) mass is 364 g/mol. The molecule has 138 valence electrons. The third kappa shape index (κ3) is 5.31. The van der Waals surface area contributed by atoms with Crippen LogP contribution in [0.2, 0.25) is 0 Å². The van der Waals surface area contributed by atoms with Crippen LogP contribution in [-0.4, -0.2) is 12.5 Å². The van der Waals surface area contributed by atoms with Gasteiger partial charge in [0.05, 0.1) is 18.3 Å². The first-order chi connectivity index (χ1) is 13.1. The van der Waals surface area contributed by atoms with Gasteiger partial charge in [-0.2, -0.15) is 0 Å². The molecule has 0 radical (unpaired) electrons. The van der Waals surface area contributed by atoms with Crippen molar-refractivity contribution < 1.29 is 13.9 Å². The Morgan fingerprint density at radius 3 is 2.37 bits per heavy atom. The fraction of sp³-hybridized carbons (Fsp3) is 0.136. The first kappa shape index (κ1) is 18.5. The molecule has 0 spiro atoms. The molecule has 0 aromatic heterocycles. The highest BCUT2D eigenvalue weighted by atomic mass is 19.1. The fourth-order valence-corrected chi connectivity index (χ4v) is 2.62. The first-order valence-corrected chi connectivity index (χ1v) is 8.72. The quantitative estimate of drug-likeness (QED) is 0.626. The Bertz CT molecular complexity index is 882. The van der Waals surface area contributed by atoms with Crippen LogP contribution in [-0.2, 0) is 4.79 Å². The van der Waals surface area contributed by atoms with Crippen LogP contribution in [0.3, 0.4) is 0 Å². The second-order valence-electron chi connectivity index (χ2n) is 6.11. The van der Waals surface area contributed by atoms with Gasteiger partial charge in [0.2, 0.25) is 5.91 Å². The number of ether oxygens (including phenoxy) is 1. The Morgan fingerprint density at radius 1 is 0.963 bits per heavy atom. The van der Waals surface area contributed by atoms with Crippen LogP contribution in [0.5, 0.6) is 11.5 Å². The number of benzene rings is 3. The van der Waals surface area contributed by atoms with Gasteiger partial charge in [-0.05, 0) is 48.9 Å². The number of anilines is 1. The van der Waals surface area contributed by atoms with Crippen molar-refractivity contribution in [2.75, 3.05) is 11.9 Å². The van der Waals surface area contributed by atoms with E-state index in [4.69, 9.17) is 4.74 Å². The summed E-state index contributed by atoms with van der Waals surface area (Å²) in [5.41, 5.74) is 1.57. The molecule has 0 fully saturated rings. The maximum Gasteiger partial charge on any atom is 0.239 e. The van der Waals surface area contributed by atoms with Gasteiger partial charge in [0.15, 0.2) is 5.75 Å². The van der Waals surface area contributed by atoms with Crippen molar-refractivity contribution in [3.8, 4) is 11.5 Å². The predicted molar refractivity (Wildman–Crippen MR) is 104 cm³/mol. The summed E-state index contributed by atoms with van der Waals surface area (Å²) in [5, 5.41) is 5.99. The van der Waals surface area contributed by atoms with Crippen molar-refractivity contribution in [3.05, 3.63) is 90.2 Å². The van der Waals surface area contributed by atoms with Gasteiger partial charge in [0, 0.05) is 0 Å². The number of halogens is 1. The summed E-state index contributed by atoms with van der Waals surface area (Å²) in [6.45, 7) is 1.96. The van der Waals surface area contributed by atoms with E-state index >= 15 is 0 Å². The Hall–Kier alpha value is -3.34. The van der Waals surface area contributed by atoms with Crippen molar-refractivity contribution in [1.29, 1.82) is 0 Å². The zero-order valence-corrected chi connectivity index (χ0v) is 15.0. The molecular formula is C22H21FN2O2. The van der Waals surface area contributed by atoms with Gasteiger partial charge in [-0.25, -0.2) is 4.39 Å². The summed E-state index contributed by atoms with van der Waals surface area (Å²) < 4.78 is 18.9. The summed E-state index contributed by atoms with van der Waals surface area (Å²) in [7, 11) is 0. The number of rotatable bonds is 7. The summed E-state index contributed by atoms with van der Waals surface area (Å²) in [6, 6.07) is 22.8. The van der Waals surface area contributed by atoms with E-state index in [1.165, 1.54) is 12.1 Å². The highest BCUT2D eigenvalue weighted by Gasteiger charge is 2.11. The van der Waals surface area contributed by atoms with Crippen LogP contribution in [0.25, 0.3) is 0 Å². The minimum Gasteiger partial charge on any atom is -0.455 e. The van der Waals surface area contributed by atoms with Gasteiger partial charge in [-0.1, -0.05) is 42.5 Å². The summed E-state index contributed by atoms with van der Waals surface area (Å²) >= 11 is 0. The molecule has 1 atom stereocenters. The van der Waals surface area contributed by atoms with E-state index in [-0.39, 0.29) is 24.3 Å². The first-order valence-electron chi connectivity index (χ1n) is 8.72. The Kier molecular flexibility index (Phi) is 6.05. The highest BCUT2D eigenvalue weighted by Crippen LogP contribution is 2.28. The summed E-state index contributed by atoms with van der Waals surface area (Å²) in [4.78, 5) is 12.2. The molecule has 27 heavy (non-hydrogen) atoms. The molecule has 0 aliphatic rings. The maximum absolute atomic E-state index is 13.0. The number of hydrogen-bond donors (Lipinski definition) is 2. The Morgan fingerprint density at radius 2 is 1.63 bits per heavy atom. The lowest BCUT2D eigenvalue weighted by molar-refractivity contribution is -0.120. The van der Waals surface area contributed by atoms with E-state index in [1.54, 1.807) is 12.1 Å². The van der Waals surface area contributed by atoms with Crippen LogP contribution in [0.15, 0.2) is 78.9 Å². The standard InChI is InChI=1S/C22H21FN2O2/c1-16(17-11-13-18(23)14-12-17)25-22(26)15-24-20-9-5-6-10-21(20)27-19-7-3-2-4-8-19/h2-14,16,24H,15H2,1H3,(H,25,26). The van der Waals surface area contributed by atoms with Crippen molar-refractivity contribution in [1.82, 2.24) is 5.32 Å². The molecule has 3 aromatic rings. The molecule has 0 saturated carbocycles. The van der Waals surface area contributed by atoms with Gasteiger partial charge in [-0.15, -0.1) is 0 Å². The second-order valence-corrected chi connectivity index (χ2v) is 6.11. The largest absolute Gasteiger partial charge is 0.455 e. The lowest BCUT2D eigenvalue weighted by Crippen LogP contribution is -2.32. The fourth-order valence-electron chi connectivity index (χ4n) is 2.62. The van der Waals surface area contributed by atoms with Crippen molar-refractivity contribution in [3.63, 3.8) is 0 Å². The molecule has 3 rings (SSSR count). The Labute approximate surface area is 158 Å².